The Hall–Kier alpha value is -2.57. The molecule has 1 aromatic rings. The second-order valence-electron chi connectivity index (χ2n) is 4.06. The number of thiocyanates is 1. The number of benzene rings is 1. The first-order valence-corrected chi connectivity index (χ1v) is 7.04. The van der Waals surface area contributed by atoms with Gasteiger partial charge < -0.3 is 9.84 Å². The number of nitrogens with one attached hydrogen (secondary N) is 2. The lowest BCUT2D eigenvalue weighted by atomic mass is 10.1. The topological polar surface area (TPSA) is 111 Å². The van der Waals surface area contributed by atoms with Crippen molar-refractivity contribution in [3.05, 3.63) is 23.3 Å². The van der Waals surface area contributed by atoms with Crippen LogP contribution in [0.4, 0.5) is 0 Å². The molecule has 1 aromatic carbocycles. The van der Waals surface area contributed by atoms with Gasteiger partial charge in [0.1, 0.15) is 11.0 Å². The lowest BCUT2D eigenvalue weighted by Crippen LogP contribution is -2.51. The highest BCUT2D eigenvalue weighted by atomic mass is 32.2. The van der Waals surface area contributed by atoms with E-state index in [-0.39, 0.29) is 27.1 Å². The van der Waals surface area contributed by atoms with Crippen molar-refractivity contribution in [1.29, 1.82) is 5.26 Å². The molecule has 2 amide bonds. The summed E-state index contributed by atoms with van der Waals surface area (Å²) in [5.41, 5.74) is 0.273. The first-order valence-electron chi connectivity index (χ1n) is 5.81. The number of thioether (sulfide) groups is 1. The Kier molecular flexibility index (Phi) is 4.65. The number of nitrogens with zero attached hydrogens (tertiary/aromatic N) is 1. The molecule has 0 bridgehead atoms. The molecule has 22 heavy (non-hydrogen) atoms. The van der Waals surface area contributed by atoms with E-state index in [2.05, 4.69) is 10.6 Å². The van der Waals surface area contributed by atoms with E-state index in [0.29, 0.717) is 5.56 Å². The largest absolute Gasteiger partial charge is 0.503 e. The molecule has 0 unspecified atom stereocenters. The third-order valence-corrected chi connectivity index (χ3v) is 3.52. The summed E-state index contributed by atoms with van der Waals surface area (Å²) in [5, 5.41) is 25.0. The van der Waals surface area contributed by atoms with Crippen LogP contribution in [0.15, 0.2) is 22.6 Å². The highest BCUT2D eigenvalue weighted by Gasteiger charge is 2.26. The highest BCUT2D eigenvalue weighted by Crippen LogP contribution is 2.38. The van der Waals surface area contributed by atoms with Crippen LogP contribution in [0.2, 0.25) is 0 Å². The third-order valence-electron chi connectivity index (χ3n) is 2.69. The molecular formula is C13H9N3O4S2. The van der Waals surface area contributed by atoms with Crippen LogP contribution in [-0.4, -0.2) is 29.1 Å². The zero-order valence-electron chi connectivity index (χ0n) is 11.2. The van der Waals surface area contributed by atoms with Gasteiger partial charge >= 0.3 is 0 Å². The van der Waals surface area contributed by atoms with Crippen molar-refractivity contribution in [2.75, 3.05) is 7.11 Å². The Morgan fingerprint density at radius 2 is 2.00 bits per heavy atom. The second kappa shape index (κ2) is 6.46. The number of aromatic hydroxyl groups is 1. The Bertz CT molecular complexity index is 730. The monoisotopic (exact) mass is 335 g/mol. The van der Waals surface area contributed by atoms with Gasteiger partial charge in [-0.1, -0.05) is 0 Å². The van der Waals surface area contributed by atoms with Crippen LogP contribution in [0.25, 0.3) is 6.08 Å². The average Bonchev–Trinajstić information content (AvgIpc) is 2.46. The Balaban J connectivity index is 2.49. The fourth-order valence-electron chi connectivity index (χ4n) is 1.74. The summed E-state index contributed by atoms with van der Waals surface area (Å²) in [6.07, 6.45) is 1.32. The standard InChI is InChI=1S/C13H9N3O4S2/c1-20-8-3-6(4-9(10(8)17)22-5-14)2-7-11(18)15-13(21)16-12(7)19/h2-4,17H,1H3,(H2,15,16,18,19,21). The molecule has 112 valence electrons. The minimum atomic E-state index is -0.629. The minimum absolute atomic E-state index is 0.0591. The fraction of sp³-hybridized carbons (Fsp3) is 0.0769. The number of hydrogen-bond donors (Lipinski definition) is 3. The number of phenolic OH excluding ortho intramolecular Hbond substituents is 1. The van der Waals surface area contributed by atoms with Crippen LogP contribution in [0.5, 0.6) is 11.5 Å². The predicted molar refractivity (Wildman–Crippen MR) is 83.0 cm³/mol. The third kappa shape index (κ3) is 3.19. The van der Waals surface area contributed by atoms with Crippen LogP contribution >= 0.6 is 24.0 Å². The maximum Gasteiger partial charge on any atom is 0.263 e. The molecule has 3 N–H and O–H groups in total. The number of phenols is 1. The molecule has 0 aromatic heterocycles. The van der Waals surface area contributed by atoms with Crippen LogP contribution in [0, 0.1) is 10.7 Å². The highest BCUT2D eigenvalue weighted by molar-refractivity contribution is 8.03. The van der Waals surface area contributed by atoms with Crippen LogP contribution in [0.1, 0.15) is 5.56 Å². The molecule has 1 aliphatic rings. The average molecular weight is 335 g/mol. The van der Waals surface area contributed by atoms with Crippen molar-refractivity contribution >= 4 is 47.0 Å². The Labute approximate surface area is 134 Å². The first kappa shape index (κ1) is 15.8. The summed E-state index contributed by atoms with van der Waals surface area (Å²) >= 11 is 5.44. The Morgan fingerprint density at radius 3 is 2.55 bits per heavy atom. The number of amides is 2. The lowest BCUT2D eigenvalue weighted by Gasteiger charge is -2.16. The minimum Gasteiger partial charge on any atom is -0.503 e. The second-order valence-corrected chi connectivity index (χ2v) is 5.29. The summed E-state index contributed by atoms with van der Waals surface area (Å²) in [6.45, 7) is 0. The van der Waals surface area contributed by atoms with Gasteiger partial charge in [-0.15, -0.1) is 0 Å². The van der Waals surface area contributed by atoms with Crippen molar-refractivity contribution in [2.24, 2.45) is 0 Å². The molecule has 1 fully saturated rings. The van der Waals surface area contributed by atoms with Gasteiger partial charge in [-0.05, 0) is 47.8 Å². The summed E-state index contributed by atoms with van der Waals surface area (Å²) in [6, 6.07) is 2.91. The van der Waals surface area contributed by atoms with Gasteiger partial charge in [0.2, 0.25) is 0 Å². The number of methoxy groups -OCH3 is 1. The predicted octanol–water partition coefficient (Wildman–Crippen LogP) is 0.888. The van der Waals surface area contributed by atoms with Crippen LogP contribution in [-0.2, 0) is 9.59 Å². The molecular weight excluding hydrogens is 326 g/mol. The van der Waals surface area contributed by atoms with Gasteiger partial charge in [-0.25, -0.2) is 0 Å². The smallest absolute Gasteiger partial charge is 0.263 e. The van der Waals surface area contributed by atoms with Crippen molar-refractivity contribution in [2.45, 2.75) is 4.90 Å². The summed E-state index contributed by atoms with van der Waals surface area (Å²) in [5.74, 6) is -1.32. The zero-order valence-corrected chi connectivity index (χ0v) is 12.8. The molecule has 0 radical (unpaired) electrons. The number of carbonyl (C=O) groups is 2. The van der Waals surface area contributed by atoms with E-state index in [1.807, 2.05) is 5.40 Å². The van der Waals surface area contributed by atoms with Gasteiger partial charge in [0.25, 0.3) is 11.8 Å². The molecule has 9 heteroatoms. The van der Waals surface area contributed by atoms with Gasteiger partial charge in [-0.3, -0.25) is 20.2 Å². The van der Waals surface area contributed by atoms with Gasteiger partial charge in [0.15, 0.2) is 16.6 Å². The van der Waals surface area contributed by atoms with E-state index < -0.39 is 11.8 Å². The molecule has 1 aliphatic heterocycles. The summed E-state index contributed by atoms with van der Waals surface area (Å²) in [4.78, 5) is 23.8. The molecule has 0 saturated carbocycles. The normalized spacial score (nSPS) is 14.0. The Morgan fingerprint density at radius 1 is 1.36 bits per heavy atom. The SMILES string of the molecule is COc1cc(C=C2C(=O)NC(=S)NC2=O)cc(SC#N)c1O. The summed E-state index contributed by atoms with van der Waals surface area (Å²) in [7, 11) is 1.35. The van der Waals surface area contributed by atoms with E-state index in [0.717, 1.165) is 11.8 Å². The number of carbonyl (C=O) groups excluding carboxylic acids is 2. The van der Waals surface area contributed by atoms with Crippen LogP contribution < -0.4 is 15.4 Å². The number of hydrogen-bond acceptors (Lipinski definition) is 7. The molecule has 0 spiro atoms. The van der Waals surface area contributed by atoms with Crippen LogP contribution in [0.3, 0.4) is 0 Å². The first-order chi connectivity index (χ1) is 10.5. The number of ether oxygens (including phenoxy) is 1. The maximum absolute atomic E-state index is 11.8. The van der Waals surface area contributed by atoms with E-state index in [4.69, 9.17) is 22.2 Å². The van der Waals surface area contributed by atoms with Crippen molar-refractivity contribution in [1.82, 2.24) is 10.6 Å². The zero-order chi connectivity index (χ0) is 16.3. The van der Waals surface area contributed by atoms with Gasteiger partial charge in [-0.2, -0.15) is 5.26 Å². The van der Waals surface area contributed by atoms with Gasteiger partial charge in [0.05, 0.1) is 12.0 Å². The molecule has 7 nitrogen and oxygen atoms in total. The van der Waals surface area contributed by atoms with Crippen molar-refractivity contribution in [3.8, 4) is 16.9 Å². The lowest BCUT2D eigenvalue weighted by molar-refractivity contribution is -0.123. The van der Waals surface area contributed by atoms with E-state index in [1.54, 1.807) is 0 Å². The molecule has 0 aliphatic carbocycles. The number of thiocarbonyl (C=S) groups is 1. The summed E-state index contributed by atoms with van der Waals surface area (Å²) < 4.78 is 5.01. The molecule has 2 rings (SSSR count). The molecule has 1 saturated heterocycles. The fourth-order valence-corrected chi connectivity index (χ4v) is 2.42. The van der Waals surface area contributed by atoms with Crippen molar-refractivity contribution in [3.63, 3.8) is 0 Å². The quantitative estimate of drug-likeness (QED) is 0.247. The van der Waals surface area contributed by atoms with E-state index in [9.17, 15) is 14.7 Å². The van der Waals surface area contributed by atoms with Crippen molar-refractivity contribution < 1.29 is 19.4 Å². The number of rotatable bonds is 3. The van der Waals surface area contributed by atoms with E-state index >= 15 is 0 Å². The molecule has 1 heterocycles. The molecule has 0 atom stereocenters. The number of nitriles is 1. The van der Waals surface area contributed by atoms with E-state index in [1.165, 1.54) is 25.3 Å². The maximum atomic E-state index is 11.8. The van der Waals surface area contributed by atoms with Gasteiger partial charge in [0, 0.05) is 0 Å².